The van der Waals surface area contributed by atoms with Crippen LogP contribution in [0.4, 0.5) is 5.69 Å². The Kier molecular flexibility index (Phi) is 9.22. The number of hydrogen-bond donors (Lipinski definition) is 1. The van der Waals surface area contributed by atoms with E-state index in [0.717, 1.165) is 12.1 Å². The monoisotopic (exact) mass is 645 g/mol. The summed E-state index contributed by atoms with van der Waals surface area (Å²) in [5.74, 6) is -1.77. The maximum absolute atomic E-state index is 14.7. The Hall–Kier alpha value is -2.10. The second-order valence-electron chi connectivity index (χ2n) is 13.3. The van der Waals surface area contributed by atoms with E-state index in [1.54, 1.807) is 33.7 Å². The number of amides is 3. The SMILES string of the molecule is C=CCN(C(=O)[C@H]1[C@H]2C(=O)N(CCO)C(C(=O)N(CC=C)C(C)(C)CC(C)(C)C)C23CC(Br)[C@@H]1S3)c1ccccc1. The molecule has 3 heterocycles. The lowest BCUT2D eigenvalue weighted by molar-refractivity contribution is -0.147. The van der Waals surface area contributed by atoms with Gasteiger partial charge in [-0.25, -0.2) is 0 Å². The third-order valence-corrected chi connectivity index (χ3v) is 11.8. The summed E-state index contributed by atoms with van der Waals surface area (Å²) in [4.78, 5) is 48.4. The number of aliphatic hydroxyl groups is 1. The molecule has 3 fully saturated rings. The highest BCUT2D eigenvalue weighted by molar-refractivity contribution is 9.09. The summed E-state index contributed by atoms with van der Waals surface area (Å²) >= 11 is 5.47. The minimum absolute atomic E-state index is 0.0355. The number of carbonyl (C=O) groups excluding carboxylic acids is 3. The predicted molar refractivity (Wildman–Crippen MR) is 170 cm³/mol. The minimum atomic E-state index is -0.788. The summed E-state index contributed by atoms with van der Waals surface area (Å²) in [6.45, 7) is 18.8. The zero-order valence-electron chi connectivity index (χ0n) is 24.9. The molecule has 3 aliphatic rings. The van der Waals surface area contributed by atoms with Gasteiger partial charge in [0.2, 0.25) is 17.7 Å². The fourth-order valence-electron chi connectivity index (χ4n) is 7.58. The molecule has 0 aliphatic carbocycles. The molecule has 41 heavy (non-hydrogen) atoms. The van der Waals surface area contributed by atoms with E-state index < -0.39 is 28.2 Å². The Morgan fingerprint density at radius 1 is 1.12 bits per heavy atom. The molecule has 1 N–H and O–H groups in total. The molecule has 3 amide bonds. The average Bonchev–Trinajstić information content (AvgIpc) is 3.48. The summed E-state index contributed by atoms with van der Waals surface area (Å²) in [5.41, 5.74) is 0.201. The molecule has 1 aromatic rings. The number of β-amino-alcohol motifs (C(OH)–C–C–N with tert-alkyl or cyclic N) is 1. The van der Waals surface area contributed by atoms with Crippen LogP contribution in [0.1, 0.15) is 47.5 Å². The molecule has 3 aliphatic heterocycles. The molecule has 4 rings (SSSR count). The van der Waals surface area contributed by atoms with Crippen LogP contribution in [0.15, 0.2) is 55.6 Å². The average molecular weight is 647 g/mol. The number of fused-ring (bicyclic) bond motifs is 1. The van der Waals surface area contributed by atoms with Gasteiger partial charge in [-0.2, -0.15) is 0 Å². The third kappa shape index (κ3) is 5.66. The molecule has 224 valence electrons. The van der Waals surface area contributed by atoms with E-state index in [2.05, 4.69) is 63.7 Å². The van der Waals surface area contributed by atoms with Crippen molar-refractivity contribution in [1.29, 1.82) is 0 Å². The largest absolute Gasteiger partial charge is 0.395 e. The van der Waals surface area contributed by atoms with E-state index in [0.29, 0.717) is 19.5 Å². The number of hydrogen-bond acceptors (Lipinski definition) is 5. The molecule has 0 aromatic heterocycles. The first kappa shape index (κ1) is 31.8. The van der Waals surface area contributed by atoms with Gasteiger partial charge in [-0.05, 0) is 44.2 Å². The number of anilines is 1. The van der Waals surface area contributed by atoms with E-state index >= 15 is 0 Å². The maximum atomic E-state index is 14.7. The predicted octanol–water partition coefficient (Wildman–Crippen LogP) is 4.89. The lowest BCUT2D eigenvalue weighted by atomic mass is 9.70. The van der Waals surface area contributed by atoms with Gasteiger partial charge in [0.1, 0.15) is 6.04 Å². The smallest absolute Gasteiger partial charge is 0.247 e. The van der Waals surface area contributed by atoms with Crippen molar-refractivity contribution in [3.05, 3.63) is 55.6 Å². The van der Waals surface area contributed by atoms with Crippen molar-refractivity contribution < 1.29 is 19.5 Å². The van der Waals surface area contributed by atoms with Crippen LogP contribution >= 0.6 is 27.7 Å². The van der Waals surface area contributed by atoms with Crippen LogP contribution in [0, 0.1) is 17.3 Å². The van der Waals surface area contributed by atoms with E-state index in [1.807, 2.05) is 35.2 Å². The van der Waals surface area contributed by atoms with Gasteiger partial charge in [0.25, 0.3) is 0 Å². The molecule has 3 saturated heterocycles. The molecule has 7 nitrogen and oxygen atoms in total. The van der Waals surface area contributed by atoms with Gasteiger partial charge >= 0.3 is 0 Å². The number of carbonyl (C=O) groups is 3. The van der Waals surface area contributed by atoms with Crippen LogP contribution in [0.2, 0.25) is 0 Å². The minimum Gasteiger partial charge on any atom is -0.395 e. The fourth-order valence-corrected chi connectivity index (χ4v) is 11.2. The van der Waals surface area contributed by atoms with Gasteiger partial charge in [-0.3, -0.25) is 14.4 Å². The number of thioether (sulfide) groups is 1. The summed E-state index contributed by atoms with van der Waals surface area (Å²) < 4.78 is -0.781. The Balaban J connectivity index is 1.79. The summed E-state index contributed by atoms with van der Waals surface area (Å²) in [6, 6.07) is 8.65. The van der Waals surface area contributed by atoms with E-state index in [9.17, 15) is 19.5 Å². The van der Waals surface area contributed by atoms with Crippen LogP contribution in [-0.2, 0) is 14.4 Å². The molecule has 9 heteroatoms. The van der Waals surface area contributed by atoms with Crippen molar-refractivity contribution in [2.45, 2.75) is 73.9 Å². The number of alkyl halides is 1. The molecule has 1 aromatic carbocycles. The zero-order chi connectivity index (χ0) is 30.3. The van der Waals surface area contributed by atoms with Gasteiger partial charge in [0.15, 0.2) is 0 Å². The van der Waals surface area contributed by atoms with Crippen molar-refractivity contribution in [2.24, 2.45) is 17.3 Å². The third-order valence-electron chi connectivity index (χ3n) is 8.57. The summed E-state index contributed by atoms with van der Waals surface area (Å²) in [5, 5.41) is 9.87. The normalized spacial score (nSPS) is 28.9. The lowest BCUT2D eigenvalue weighted by Gasteiger charge is -2.46. The first-order valence-corrected chi connectivity index (χ1v) is 16.2. The van der Waals surface area contributed by atoms with Gasteiger partial charge in [0, 0.05) is 40.9 Å². The van der Waals surface area contributed by atoms with Crippen molar-refractivity contribution in [1.82, 2.24) is 9.80 Å². The van der Waals surface area contributed by atoms with Crippen molar-refractivity contribution in [3.8, 4) is 0 Å². The second kappa shape index (κ2) is 11.9. The summed E-state index contributed by atoms with van der Waals surface area (Å²) in [7, 11) is 0. The molecule has 0 radical (unpaired) electrons. The van der Waals surface area contributed by atoms with Gasteiger partial charge in [-0.15, -0.1) is 24.9 Å². The van der Waals surface area contributed by atoms with Crippen LogP contribution < -0.4 is 4.90 Å². The van der Waals surface area contributed by atoms with Crippen LogP contribution in [-0.4, -0.2) is 85.3 Å². The zero-order valence-corrected chi connectivity index (χ0v) is 27.3. The molecule has 2 bridgehead atoms. The van der Waals surface area contributed by atoms with Gasteiger partial charge in [-0.1, -0.05) is 67.1 Å². The highest BCUT2D eigenvalue weighted by Crippen LogP contribution is 2.68. The number of nitrogens with zero attached hydrogens (tertiary/aromatic N) is 3. The van der Waals surface area contributed by atoms with Crippen LogP contribution in [0.5, 0.6) is 0 Å². The Morgan fingerprint density at radius 3 is 2.32 bits per heavy atom. The number of rotatable bonds is 11. The molecular formula is C32H44BrN3O4S. The van der Waals surface area contributed by atoms with Crippen LogP contribution in [0.3, 0.4) is 0 Å². The number of benzene rings is 1. The van der Waals surface area contributed by atoms with Crippen molar-refractivity contribution in [3.63, 3.8) is 0 Å². The van der Waals surface area contributed by atoms with Gasteiger partial charge in [0.05, 0.1) is 23.2 Å². The topological polar surface area (TPSA) is 81.2 Å². The number of para-hydroxylation sites is 1. The first-order chi connectivity index (χ1) is 19.2. The van der Waals surface area contributed by atoms with Gasteiger partial charge < -0.3 is 19.8 Å². The quantitative estimate of drug-likeness (QED) is 0.274. The van der Waals surface area contributed by atoms with E-state index in [-0.39, 0.29) is 46.4 Å². The van der Waals surface area contributed by atoms with E-state index in [4.69, 9.17) is 0 Å². The number of likely N-dealkylation sites (tertiary alicyclic amines) is 1. The number of aliphatic hydroxyl groups excluding tert-OH is 1. The van der Waals surface area contributed by atoms with Crippen molar-refractivity contribution >= 4 is 51.1 Å². The Bertz CT molecular complexity index is 1190. The number of halogens is 1. The standard InChI is InChI=1S/C32H44BrN3O4S/c1-8-15-34(21-13-11-10-12-14-21)27(38)23-24-28(39)35(17-18-37)26(32(24)19-22(33)25(23)41-32)29(40)36(16-9-2)31(6,7)20-30(3,4)5/h8-14,22-26,37H,1-2,15-20H2,3-7H3/t22?,23-,24-,25-,26?,32?/m0/s1. The Labute approximate surface area is 257 Å². The van der Waals surface area contributed by atoms with E-state index in [1.165, 1.54) is 0 Å². The second-order valence-corrected chi connectivity index (χ2v) is 16.0. The maximum Gasteiger partial charge on any atom is 0.247 e. The summed E-state index contributed by atoms with van der Waals surface area (Å²) in [6.07, 6.45) is 4.77. The lowest BCUT2D eigenvalue weighted by Crippen LogP contribution is -2.60. The molecule has 0 saturated carbocycles. The Morgan fingerprint density at radius 2 is 1.76 bits per heavy atom. The fraction of sp³-hybridized carbons (Fsp3) is 0.594. The highest BCUT2D eigenvalue weighted by Gasteiger charge is 2.76. The highest BCUT2D eigenvalue weighted by atomic mass is 79.9. The van der Waals surface area contributed by atoms with Crippen molar-refractivity contribution in [2.75, 3.05) is 31.1 Å². The molecule has 3 unspecified atom stereocenters. The molecular weight excluding hydrogens is 602 g/mol. The first-order valence-electron chi connectivity index (χ1n) is 14.4. The van der Waals surface area contributed by atoms with Crippen LogP contribution in [0.25, 0.3) is 0 Å². The molecule has 6 atom stereocenters. The molecule has 1 spiro atoms.